The number of aromatic hydroxyl groups is 1. The topological polar surface area (TPSA) is 154 Å². The monoisotopic (exact) mass is 458 g/mol. The van der Waals surface area contributed by atoms with Crippen molar-refractivity contribution in [2.45, 2.75) is 9.79 Å². The standard InChI is InChI=1S/C20H14N2O7S2/c23-17-9-6-12-3-1-2-4-15(12)19(17)22-21-14-8-5-13-7-10-18(30(24,25)26)20(16(13)11-14)31(27,28)29/h1-11,23H,(H,24,25,26)(H,27,28,29). The molecule has 158 valence electrons. The van der Waals surface area contributed by atoms with Crippen LogP contribution >= 0.6 is 0 Å². The average molecular weight is 458 g/mol. The summed E-state index contributed by atoms with van der Waals surface area (Å²) < 4.78 is 66.0. The predicted octanol–water partition coefficient (Wildman–Crippen LogP) is 4.61. The van der Waals surface area contributed by atoms with E-state index in [0.717, 1.165) is 11.5 Å². The SMILES string of the molecule is O=S(=O)(O)c1ccc2ccc(N=Nc3c(O)ccc4ccccc34)cc2c1S(=O)(=O)O. The molecule has 0 unspecified atom stereocenters. The summed E-state index contributed by atoms with van der Waals surface area (Å²) >= 11 is 0. The van der Waals surface area contributed by atoms with Gasteiger partial charge in [0.05, 0.1) is 5.69 Å². The summed E-state index contributed by atoms with van der Waals surface area (Å²) in [6.45, 7) is 0. The van der Waals surface area contributed by atoms with Crippen LogP contribution in [0.5, 0.6) is 5.75 Å². The van der Waals surface area contributed by atoms with Crippen molar-refractivity contribution in [3.8, 4) is 5.75 Å². The lowest BCUT2D eigenvalue weighted by Gasteiger charge is -2.09. The van der Waals surface area contributed by atoms with Crippen molar-refractivity contribution in [2.75, 3.05) is 0 Å². The zero-order chi connectivity index (χ0) is 22.4. The van der Waals surface area contributed by atoms with Crippen LogP contribution < -0.4 is 0 Å². The zero-order valence-electron chi connectivity index (χ0n) is 15.5. The highest BCUT2D eigenvalue weighted by atomic mass is 32.2. The molecular weight excluding hydrogens is 444 g/mol. The third-order valence-corrected chi connectivity index (χ3v) is 6.58. The normalized spacial score (nSPS) is 12.7. The van der Waals surface area contributed by atoms with E-state index >= 15 is 0 Å². The lowest BCUT2D eigenvalue weighted by Crippen LogP contribution is -2.09. The van der Waals surface area contributed by atoms with Gasteiger partial charge in [-0.3, -0.25) is 9.11 Å². The fourth-order valence-electron chi connectivity index (χ4n) is 3.25. The van der Waals surface area contributed by atoms with E-state index in [9.17, 15) is 31.0 Å². The highest BCUT2D eigenvalue weighted by Gasteiger charge is 2.26. The molecule has 0 bridgehead atoms. The Labute approximate surface area is 176 Å². The summed E-state index contributed by atoms with van der Waals surface area (Å²) in [5.41, 5.74) is 0.317. The summed E-state index contributed by atoms with van der Waals surface area (Å²) in [4.78, 5) is -1.92. The van der Waals surface area contributed by atoms with Gasteiger partial charge in [-0.2, -0.15) is 21.9 Å². The Morgan fingerprint density at radius 3 is 2.03 bits per heavy atom. The van der Waals surface area contributed by atoms with Crippen LogP contribution in [0.15, 0.2) is 86.7 Å². The van der Waals surface area contributed by atoms with Gasteiger partial charge in [-0.25, -0.2) is 0 Å². The van der Waals surface area contributed by atoms with E-state index in [4.69, 9.17) is 0 Å². The van der Waals surface area contributed by atoms with Crippen molar-refractivity contribution >= 4 is 53.2 Å². The fraction of sp³-hybridized carbons (Fsp3) is 0. The molecular formula is C20H14N2O7S2. The molecule has 0 aliphatic carbocycles. The van der Waals surface area contributed by atoms with Crippen LogP contribution in [0, 0.1) is 0 Å². The van der Waals surface area contributed by atoms with Crippen LogP contribution in [0.2, 0.25) is 0 Å². The Morgan fingerprint density at radius 1 is 0.677 bits per heavy atom. The molecule has 11 heteroatoms. The summed E-state index contributed by atoms with van der Waals surface area (Å²) in [7, 11) is -9.95. The lowest BCUT2D eigenvalue weighted by molar-refractivity contribution is 0.467. The van der Waals surface area contributed by atoms with Gasteiger partial charge in [-0.1, -0.05) is 42.5 Å². The minimum Gasteiger partial charge on any atom is -0.506 e. The van der Waals surface area contributed by atoms with E-state index in [-0.39, 0.29) is 27.9 Å². The van der Waals surface area contributed by atoms with Gasteiger partial charge in [0.15, 0.2) is 0 Å². The van der Waals surface area contributed by atoms with Gasteiger partial charge in [0.2, 0.25) is 0 Å². The Bertz CT molecular complexity index is 1600. The molecule has 0 aromatic heterocycles. The number of hydrogen-bond donors (Lipinski definition) is 3. The highest BCUT2D eigenvalue weighted by Crippen LogP contribution is 2.37. The van der Waals surface area contributed by atoms with Gasteiger partial charge >= 0.3 is 0 Å². The first-order chi connectivity index (χ1) is 14.6. The molecule has 4 aromatic carbocycles. The second kappa shape index (κ2) is 7.39. The number of fused-ring (bicyclic) bond motifs is 2. The third-order valence-electron chi connectivity index (χ3n) is 4.60. The van der Waals surface area contributed by atoms with Gasteiger partial charge in [0.1, 0.15) is 21.2 Å². The van der Waals surface area contributed by atoms with Crippen molar-refractivity contribution in [2.24, 2.45) is 10.2 Å². The maximum atomic E-state index is 11.9. The largest absolute Gasteiger partial charge is 0.506 e. The number of hydrogen-bond acceptors (Lipinski definition) is 7. The number of nitrogens with zero attached hydrogens (tertiary/aromatic N) is 2. The van der Waals surface area contributed by atoms with E-state index < -0.39 is 30.0 Å². The summed E-state index contributed by atoms with van der Waals surface area (Å²) in [5, 5.41) is 19.8. The molecule has 4 aromatic rings. The number of benzene rings is 4. The molecule has 0 fully saturated rings. The molecule has 0 atom stereocenters. The lowest BCUT2D eigenvalue weighted by atomic mass is 10.1. The molecule has 0 amide bonds. The molecule has 0 spiro atoms. The molecule has 0 aliphatic heterocycles. The van der Waals surface area contributed by atoms with Crippen LogP contribution in [0.4, 0.5) is 11.4 Å². The van der Waals surface area contributed by atoms with Crippen molar-refractivity contribution in [1.82, 2.24) is 0 Å². The summed E-state index contributed by atoms with van der Waals surface area (Å²) in [6, 6.07) is 16.7. The zero-order valence-corrected chi connectivity index (χ0v) is 17.2. The van der Waals surface area contributed by atoms with Gasteiger partial charge in [-0.15, -0.1) is 5.11 Å². The number of phenolic OH excluding ortho intramolecular Hbond substituents is 1. The van der Waals surface area contributed by atoms with Crippen LogP contribution in [0.1, 0.15) is 0 Å². The first kappa shape index (κ1) is 20.9. The highest BCUT2D eigenvalue weighted by molar-refractivity contribution is 7.89. The summed E-state index contributed by atoms with van der Waals surface area (Å²) in [6.07, 6.45) is 0. The molecule has 3 N–H and O–H groups in total. The van der Waals surface area contributed by atoms with E-state index in [1.807, 2.05) is 12.1 Å². The van der Waals surface area contributed by atoms with E-state index in [2.05, 4.69) is 10.2 Å². The number of phenols is 1. The van der Waals surface area contributed by atoms with Crippen LogP contribution in [-0.2, 0) is 20.2 Å². The molecule has 9 nitrogen and oxygen atoms in total. The van der Waals surface area contributed by atoms with Gasteiger partial charge in [0.25, 0.3) is 20.2 Å². The molecule has 0 saturated heterocycles. The first-order valence-corrected chi connectivity index (χ1v) is 11.6. The smallest absolute Gasteiger partial charge is 0.296 e. The first-order valence-electron chi connectivity index (χ1n) is 8.70. The molecule has 0 radical (unpaired) electrons. The minimum atomic E-state index is -5.01. The van der Waals surface area contributed by atoms with Crippen LogP contribution in [0.3, 0.4) is 0 Å². The van der Waals surface area contributed by atoms with Gasteiger partial charge in [-0.05, 0) is 35.0 Å². The Morgan fingerprint density at radius 2 is 1.32 bits per heavy atom. The number of azo groups is 1. The van der Waals surface area contributed by atoms with Crippen molar-refractivity contribution in [3.05, 3.63) is 66.7 Å². The summed E-state index contributed by atoms with van der Waals surface area (Å²) in [5.74, 6) is -0.115. The van der Waals surface area contributed by atoms with E-state index in [1.165, 1.54) is 30.3 Å². The Balaban J connectivity index is 1.92. The second-order valence-electron chi connectivity index (χ2n) is 6.60. The van der Waals surface area contributed by atoms with Crippen molar-refractivity contribution in [3.63, 3.8) is 0 Å². The molecule has 0 aliphatic rings. The van der Waals surface area contributed by atoms with Crippen molar-refractivity contribution in [1.29, 1.82) is 0 Å². The quantitative estimate of drug-likeness (QED) is 0.298. The third kappa shape index (κ3) is 3.99. The van der Waals surface area contributed by atoms with Crippen LogP contribution in [0.25, 0.3) is 21.5 Å². The predicted molar refractivity (Wildman–Crippen MR) is 113 cm³/mol. The van der Waals surface area contributed by atoms with Gasteiger partial charge < -0.3 is 5.11 Å². The Hall–Kier alpha value is -3.38. The molecule has 0 saturated carbocycles. The van der Waals surface area contributed by atoms with Gasteiger partial charge in [0, 0.05) is 10.8 Å². The second-order valence-corrected chi connectivity index (χ2v) is 9.35. The van der Waals surface area contributed by atoms with Crippen molar-refractivity contribution < 1.29 is 31.0 Å². The fourth-order valence-corrected chi connectivity index (χ4v) is 5.24. The average Bonchev–Trinajstić information content (AvgIpc) is 2.70. The maximum Gasteiger partial charge on any atom is 0.296 e. The van der Waals surface area contributed by atoms with E-state index in [1.54, 1.807) is 18.2 Å². The molecule has 31 heavy (non-hydrogen) atoms. The minimum absolute atomic E-state index is 0.115. The Kier molecular flexibility index (Phi) is 4.98. The molecule has 0 heterocycles. The molecule has 4 rings (SSSR count). The van der Waals surface area contributed by atoms with E-state index in [0.29, 0.717) is 5.39 Å². The maximum absolute atomic E-state index is 11.9. The van der Waals surface area contributed by atoms with Crippen LogP contribution in [-0.4, -0.2) is 31.0 Å². The number of rotatable bonds is 4.